The van der Waals surface area contributed by atoms with E-state index in [-0.39, 0.29) is 10.2 Å². The van der Waals surface area contributed by atoms with Crippen molar-refractivity contribution in [3.05, 3.63) is 34.5 Å². The van der Waals surface area contributed by atoms with Crippen LogP contribution >= 0.6 is 15.9 Å². The lowest BCUT2D eigenvalue weighted by molar-refractivity contribution is -0.139. The van der Waals surface area contributed by atoms with E-state index in [1.165, 1.54) is 6.08 Å². The number of halogens is 4. The van der Waals surface area contributed by atoms with Crippen LogP contribution in [0.1, 0.15) is 29.4 Å². The van der Waals surface area contributed by atoms with Crippen LogP contribution in [0.4, 0.5) is 13.2 Å². The molecular formula is C13H13BrF3NO3. The minimum atomic E-state index is -4.66. The second-order valence-electron chi connectivity index (χ2n) is 4.11. The van der Waals surface area contributed by atoms with Crippen molar-refractivity contribution in [1.29, 1.82) is 0 Å². The average molecular weight is 368 g/mol. The normalized spacial score (nSPS) is 12.7. The molecule has 1 aromatic heterocycles. The number of pyridine rings is 1. The Bertz CT molecular complexity index is 546. The lowest BCUT2D eigenvalue weighted by Crippen LogP contribution is -2.18. The Hall–Kier alpha value is -1.57. The summed E-state index contributed by atoms with van der Waals surface area (Å²) < 4.78 is 48.5. The van der Waals surface area contributed by atoms with Gasteiger partial charge in [-0.1, -0.05) is 6.08 Å². The molecule has 0 aliphatic rings. The fourth-order valence-electron chi connectivity index (χ4n) is 1.48. The summed E-state index contributed by atoms with van der Waals surface area (Å²) in [5.74, 6) is -1.53. The molecule has 0 aliphatic carbocycles. The van der Waals surface area contributed by atoms with Crippen molar-refractivity contribution >= 4 is 21.9 Å². The Morgan fingerprint density at radius 2 is 2.19 bits per heavy atom. The van der Waals surface area contributed by atoms with Gasteiger partial charge in [-0.15, -0.1) is 6.58 Å². The molecule has 0 bridgehead atoms. The second-order valence-corrected chi connectivity index (χ2v) is 4.97. The van der Waals surface area contributed by atoms with E-state index in [4.69, 9.17) is 4.74 Å². The van der Waals surface area contributed by atoms with Crippen LogP contribution in [0.15, 0.2) is 23.2 Å². The van der Waals surface area contributed by atoms with E-state index in [0.717, 1.165) is 13.2 Å². The molecule has 21 heavy (non-hydrogen) atoms. The van der Waals surface area contributed by atoms with E-state index in [2.05, 4.69) is 32.2 Å². The fraction of sp³-hybridized carbons (Fsp3) is 0.385. The first kappa shape index (κ1) is 17.5. The van der Waals surface area contributed by atoms with Crippen LogP contribution < -0.4 is 4.74 Å². The van der Waals surface area contributed by atoms with Crippen molar-refractivity contribution in [3.63, 3.8) is 0 Å². The molecule has 1 heterocycles. The molecule has 1 atom stereocenters. The van der Waals surface area contributed by atoms with Crippen molar-refractivity contribution in [2.75, 3.05) is 7.11 Å². The van der Waals surface area contributed by atoms with Gasteiger partial charge in [-0.2, -0.15) is 13.2 Å². The summed E-state index contributed by atoms with van der Waals surface area (Å²) in [6.07, 6.45) is -3.38. The van der Waals surface area contributed by atoms with E-state index < -0.39 is 29.7 Å². The third-order valence-electron chi connectivity index (χ3n) is 2.44. The van der Waals surface area contributed by atoms with E-state index in [1.54, 1.807) is 6.92 Å². The minimum Gasteiger partial charge on any atom is -0.474 e. The van der Waals surface area contributed by atoms with Gasteiger partial charge in [0, 0.05) is 6.42 Å². The van der Waals surface area contributed by atoms with Gasteiger partial charge in [0.15, 0.2) is 5.69 Å². The van der Waals surface area contributed by atoms with Gasteiger partial charge in [-0.25, -0.2) is 9.78 Å². The molecule has 0 aliphatic heterocycles. The fourth-order valence-corrected chi connectivity index (χ4v) is 1.96. The molecule has 0 aromatic carbocycles. The van der Waals surface area contributed by atoms with Crippen LogP contribution in [0.3, 0.4) is 0 Å². The number of carbonyl (C=O) groups is 1. The molecule has 0 amide bonds. The molecule has 1 aromatic rings. The molecule has 1 rings (SSSR count). The smallest absolute Gasteiger partial charge is 0.421 e. The summed E-state index contributed by atoms with van der Waals surface area (Å²) in [7, 11) is 1.11. The highest BCUT2D eigenvalue weighted by molar-refractivity contribution is 9.10. The van der Waals surface area contributed by atoms with Gasteiger partial charge in [0.05, 0.1) is 11.6 Å². The summed E-state index contributed by atoms with van der Waals surface area (Å²) >= 11 is 2.88. The highest BCUT2D eigenvalue weighted by Gasteiger charge is 2.37. The maximum absolute atomic E-state index is 13.0. The molecule has 8 heteroatoms. The highest BCUT2D eigenvalue weighted by Crippen LogP contribution is 2.38. The third kappa shape index (κ3) is 4.45. The summed E-state index contributed by atoms with van der Waals surface area (Å²) in [4.78, 5) is 15.1. The van der Waals surface area contributed by atoms with Crippen LogP contribution in [-0.2, 0) is 10.9 Å². The Balaban J connectivity index is 3.34. The topological polar surface area (TPSA) is 48.4 Å². The van der Waals surface area contributed by atoms with Gasteiger partial charge >= 0.3 is 12.1 Å². The zero-order valence-electron chi connectivity index (χ0n) is 11.3. The molecule has 0 N–H and O–H groups in total. The number of hydrogen-bond acceptors (Lipinski definition) is 4. The lowest BCUT2D eigenvalue weighted by Gasteiger charge is -2.18. The number of carbonyl (C=O) groups excluding carboxylic acids is 1. The Labute approximate surface area is 128 Å². The zero-order chi connectivity index (χ0) is 16.2. The number of hydrogen-bond donors (Lipinski definition) is 0. The van der Waals surface area contributed by atoms with Gasteiger partial charge in [0.25, 0.3) is 0 Å². The number of rotatable bonds is 5. The van der Waals surface area contributed by atoms with Crippen molar-refractivity contribution in [1.82, 2.24) is 4.98 Å². The minimum absolute atomic E-state index is 0.120. The van der Waals surface area contributed by atoms with Gasteiger partial charge in [-0.05, 0) is 28.9 Å². The summed E-state index contributed by atoms with van der Waals surface area (Å²) in [5.41, 5.74) is -1.36. The van der Waals surface area contributed by atoms with Crippen LogP contribution in [0.25, 0.3) is 0 Å². The molecule has 0 spiro atoms. The molecular weight excluding hydrogens is 355 g/mol. The molecule has 0 fully saturated rings. The Morgan fingerprint density at radius 1 is 1.57 bits per heavy atom. The van der Waals surface area contributed by atoms with Crippen LogP contribution in [0.2, 0.25) is 0 Å². The van der Waals surface area contributed by atoms with E-state index in [1.807, 2.05) is 0 Å². The summed E-state index contributed by atoms with van der Waals surface area (Å²) in [5, 5.41) is 0. The number of esters is 1. The SMILES string of the molecule is C=CCC(C)Oc1nc(C(=O)OC)c(Br)cc1C(F)(F)F. The summed E-state index contributed by atoms with van der Waals surface area (Å²) in [6.45, 7) is 5.06. The maximum atomic E-state index is 13.0. The first-order chi connectivity index (χ1) is 9.70. The quantitative estimate of drug-likeness (QED) is 0.583. The molecule has 0 saturated heterocycles. The number of methoxy groups -OCH3 is 1. The predicted octanol–water partition coefficient (Wildman–Crippen LogP) is 3.99. The Kier molecular flexibility index (Phi) is 5.77. The molecule has 0 saturated carbocycles. The van der Waals surface area contributed by atoms with Crippen molar-refractivity contribution < 1.29 is 27.4 Å². The molecule has 0 radical (unpaired) electrons. The molecule has 116 valence electrons. The van der Waals surface area contributed by atoms with Crippen LogP contribution in [0, 0.1) is 0 Å². The van der Waals surface area contributed by atoms with E-state index in [9.17, 15) is 18.0 Å². The number of ether oxygens (including phenoxy) is 2. The third-order valence-corrected chi connectivity index (χ3v) is 3.04. The van der Waals surface area contributed by atoms with Gasteiger partial charge in [0.2, 0.25) is 5.88 Å². The first-order valence-corrected chi connectivity index (χ1v) is 6.63. The number of aromatic nitrogens is 1. The average Bonchev–Trinajstić information content (AvgIpc) is 2.38. The first-order valence-electron chi connectivity index (χ1n) is 5.84. The van der Waals surface area contributed by atoms with Gasteiger partial charge in [0.1, 0.15) is 11.7 Å². The van der Waals surface area contributed by atoms with Crippen molar-refractivity contribution in [2.45, 2.75) is 25.6 Å². The summed E-state index contributed by atoms with van der Waals surface area (Å²) in [6, 6.07) is 0.745. The highest BCUT2D eigenvalue weighted by atomic mass is 79.9. The maximum Gasteiger partial charge on any atom is 0.421 e. The van der Waals surface area contributed by atoms with Crippen molar-refractivity contribution in [2.24, 2.45) is 0 Å². The standard InChI is InChI=1S/C13H13BrF3NO3/c1-4-5-7(2)21-11-8(13(15,16)17)6-9(14)10(18-11)12(19)20-3/h4,6-7H,1,5H2,2-3H3. The molecule has 4 nitrogen and oxygen atoms in total. The number of nitrogens with zero attached hydrogens (tertiary/aromatic N) is 1. The predicted molar refractivity (Wildman–Crippen MR) is 73.2 cm³/mol. The van der Waals surface area contributed by atoms with Gasteiger partial charge < -0.3 is 9.47 Å². The second kappa shape index (κ2) is 6.93. The van der Waals surface area contributed by atoms with Crippen LogP contribution in [-0.4, -0.2) is 24.2 Å². The van der Waals surface area contributed by atoms with E-state index in [0.29, 0.717) is 6.42 Å². The van der Waals surface area contributed by atoms with E-state index >= 15 is 0 Å². The van der Waals surface area contributed by atoms with Crippen LogP contribution in [0.5, 0.6) is 5.88 Å². The Morgan fingerprint density at radius 3 is 2.67 bits per heavy atom. The zero-order valence-corrected chi connectivity index (χ0v) is 12.9. The monoisotopic (exact) mass is 367 g/mol. The van der Waals surface area contributed by atoms with Crippen molar-refractivity contribution in [3.8, 4) is 5.88 Å². The number of alkyl halides is 3. The largest absolute Gasteiger partial charge is 0.474 e. The molecule has 1 unspecified atom stereocenters. The van der Waals surface area contributed by atoms with Gasteiger partial charge in [-0.3, -0.25) is 0 Å². The lowest BCUT2D eigenvalue weighted by atomic mass is 10.2.